The van der Waals surface area contributed by atoms with Crippen molar-refractivity contribution >= 4 is 6.09 Å². The Morgan fingerprint density at radius 3 is 2.88 bits per heavy atom. The predicted octanol–water partition coefficient (Wildman–Crippen LogP) is 3.25. The minimum Gasteiger partial charge on any atom is -0.494 e. The SMILES string of the molecule is CCCCOc1ccc(F)c(C(Cc2nnc(C)o2)NC(=O)O)c1. The molecule has 1 atom stereocenters. The number of unbranched alkanes of at least 4 members (excludes halogenated alkanes) is 1. The maximum atomic E-state index is 14.2. The van der Waals surface area contributed by atoms with Crippen LogP contribution in [0.4, 0.5) is 9.18 Å². The summed E-state index contributed by atoms with van der Waals surface area (Å²) in [4.78, 5) is 11.1. The molecule has 2 N–H and O–H groups in total. The third-order valence-corrected chi connectivity index (χ3v) is 3.35. The lowest BCUT2D eigenvalue weighted by atomic mass is 10.0. The second-order valence-electron chi connectivity index (χ2n) is 5.31. The van der Waals surface area contributed by atoms with E-state index in [2.05, 4.69) is 15.5 Å². The topological polar surface area (TPSA) is 97.5 Å². The molecule has 0 aliphatic carbocycles. The molecule has 0 saturated carbocycles. The number of carboxylic acid groups (broad SMARTS) is 1. The van der Waals surface area contributed by atoms with Crippen molar-refractivity contribution < 1.29 is 23.4 Å². The summed E-state index contributed by atoms with van der Waals surface area (Å²) in [5.74, 6) is 0.533. The predicted molar refractivity (Wildman–Crippen MR) is 83.4 cm³/mol. The van der Waals surface area contributed by atoms with E-state index in [0.717, 1.165) is 12.8 Å². The minimum absolute atomic E-state index is 0.0441. The third-order valence-electron chi connectivity index (χ3n) is 3.35. The van der Waals surface area contributed by atoms with Crippen LogP contribution in [0.15, 0.2) is 22.6 Å². The van der Waals surface area contributed by atoms with E-state index < -0.39 is 18.0 Å². The molecule has 1 heterocycles. The van der Waals surface area contributed by atoms with Crippen molar-refractivity contribution in [3.63, 3.8) is 0 Å². The zero-order valence-corrected chi connectivity index (χ0v) is 13.6. The molecule has 8 heteroatoms. The molecular formula is C16H20FN3O4. The van der Waals surface area contributed by atoms with Gasteiger partial charge in [-0.05, 0) is 24.6 Å². The Kier molecular flexibility index (Phi) is 6.11. The van der Waals surface area contributed by atoms with E-state index in [1.54, 1.807) is 6.92 Å². The molecular weight excluding hydrogens is 317 g/mol. The zero-order chi connectivity index (χ0) is 17.5. The number of amides is 1. The summed E-state index contributed by atoms with van der Waals surface area (Å²) in [5.41, 5.74) is 0.169. The van der Waals surface area contributed by atoms with Gasteiger partial charge in [0.25, 0.3) is 0 Å². The van der Waals surface area contributed by atoms with Gasteiger partial charge in [-0.2, -0.15) is 0 Å². The molecule has 0 saturated heterocycles. The van der Waals surface area contributed by atoms with Crippen LogP contribution >= 0.6 is 0 Å². The van der Waals surface area contributed by atoms with E-state index in [0.29, 0.717) is 18.2 Å². The lowest BCUT2D eigenvalue weighted by Crippen LogP contribution is -2.29. The van der Waals surface area contributed by atoms with Crippen LogP contribution < -0.4 is 10.1 Å². The summed E-state index contributed by atoms with van der Waals surface area (Å²) < 4.78 is 25.0. The summed E-state index contributed by atoms with van der Waals surface area (Å²) in [6.45, 7) is 4.18. The van der Waals surface area contributed by atoms with Crippen LogP contribution in [0.2, 0.25) is 0 Å². The number of halogens is 1. The zero-order valence-electron chi connectivity index (χ0n) is 13.6. The highest BCUT2D eigenvalue weighted by molar-refractivity contribution is 5.65. The van der Waals surface area contributed by atoms with Gasteiger partial charge in [0, 0.05) is 12.5 Å². The number of hydrogen-bond acceptors (Lipinski definition) is 5. The number of nitrogens with one attached hydrogen (secondary N) is 1. The lowest BCUT2D eigenvalue weighted by Gasteiger charge is -2.17. The first-order chi connectivity index (χ1) is 11.5. The Balaban J connectivity index is 2.23. The van der Waals surface area contributed by atoms with Crippen molar-refractivity contribution in [2.75, 3.05) is 6.61 Å². The van der Waals surface area contributed by atoms with Gasteiger partial charge >= 0.3 is 6.09 Å². The summed E-state index contributed by atoms with van der Waals surface area (Å²) in [5, 5.41) is 18.8. The van der Waals surface area contributed by atoms with Gasteiger partial charge < -0.3 is 19.6 Å². The van der Waals surface area contributed by atoms with Crippen LogP contribution in [-0.4, -0.2) is 28.0 Å². The Hall–Kier alpha value is -2.64. The van der Waals surface area contributed by atoms with Crippen molar-refractivity contribution in [2.45, 2.75) is 39.2 Å². The highest BCUT2D eigenvalue weighted by Gasteiger charge is 2.22. The first kappa shape index (κ1) is 17.7. The van der Waals surface area contributed by atoms with Gasteiger partial charge in [0.1, 0.15) is 11.6 Å². The van der Waals surface area contributed by atoms with E-state index in [1.807, 2.05) is 6.92 Å². The molecule has 0 aliphatic rings. The molecule has 1 amide bonds. The number of benzene rings is 1. The molecule has 0 spiro atoms. The molecule has 24 heavy (non-hydrogen) atoms. The second-order valence-corrected chi connectivity index (χ2v) is 5.31. The molecule has 130 valence electrons. The largest absolute Gasteiger partial charge is 0.494 e. The Morgan fingerprint density at radius 2 is 2.25 bits per heavy atom. The van der Waals surface area contributed by atoms with Crippen LogP contribution in [0.3, 0.4) is 0 Å². The van der Waals surface area contributed by atoms with Crippen molar-refractivity contribution in [1.82, 2.24) is 15.5 Å². The van der Waals surface area contributed by atoms with E-state index in [1.165, 1.54) is 18.2 Å². The van der Waals surface area contributed by atoms with Crippen LogP contribution in [-0.2, 0) is 6.42 Å². The summed E-state index contributed by atoms with van der Waals surface area (Å²) in [7, 11) is 0. The molecule has 1 aromatic heterocycles. The van der Waals surface area contributed by atoms with E-state index in [9.17, 15) is 9.18 Å². The fourth-order valence-corrected chi connectivity index (χ4v) is 2.20. The monoisotopic (exact) mass is 337 g/mol. The fraction of sp³-hybridized carbons (Fsp3) is 0.438. The third kappa shape index (κ3) is 4.94. The average Bonchev–Trinajstić information content (AvgIpc) is 2.93. The number of rotatable bonds is 8. The average molecular weight is 337 g/mol. The van der Waals surface area contributed by atoms with E-state index in [-0.39, 0.29) is 17.9 Å². The number of nitrogens with zero attached hydrogens (tertiary/aromatic N) is 2. The first-order valence-corrected chi connectivity index (χ1v) is 7.70. The van der Waals surface area contributed by atoms with Gasteiger partial charge in [-0.25, -0.2) is 9.18 Å². The molecule has 1 unspecified atom stereocenters. The standard InChI is InChI=1S/C16H20FN3O4/c1-3-4-7-23-11-5-6-13(17)12(8-11)14(18-16(21)22)9-15-20-19-10(2)24-15/h5-6,8,14,18H,3-4,7,9H2,1-2H3,(H,21,22). The van der Waals surface area contributed by atoms with Gasteiger partial charge in [-0.3, -0.25) is 0 Å². The molecule has 7 nitrogen and oxygen atoms in total. The molecule has 0 bridgehead atoms. The quantitative estimate of drug-likeness (QED) is 0.718. The molecule has 0 aliphatic heterocycles. The minimum atomic E-state index is -1.27. The fourth-order valence-electron chi connectivity index (χ4n) is 2.20. The Bertz CT molecular complexity index is 690. The van der Waals surface area contributed by atoms with Crippen LogP contribution in [0, 0.1) is 12.7 Å². The first-order valence-electron chi connectivity index (χ1n) is 7.70. The maximum absolute atomic E-state index is 14.2. The summed E-state index contributed by atoms with van der Waals surface area (Å²) >= 11 is 0. The Labute approximate surface area is 138 Å². The highest BCUT2D eigenvalue weighted by atomic mass is 19.1. The molecule has 0 radical (unpaired) electrons. The highest BCUT2D eigenvalue weighted by Crippen LogP contribution is 2.25. The summed E-state index contributed by atoms with van der Waals surface area (Å²) in [6, 6.07) is 3.40. The Morgan fingerprint density at radius 1 is 1.46 bits per heavy atom. The number of aryl methyl sites for hydroxylation is 1. The summed E-state index contributed by atoms with van der Waals surface area (Å²) in [6.07, 6.45) is 0.633. The van der Waals surface area contributed by atoms with Gasteiger partial charge in [0.15, 0.2) is 0 Å². The van der Waals surface area contributed by atoms with Crippen molar-refractivity contribution in [3.8, 4) is 5.75 Å². The maximum Gasteiger partial charge on any atom is 0.405 e. The smallest absolute Gasteiger partial charge is 0.405 e. The van der Waals surface area contributed by atoms with E-state index in [4.69, 9.17) is 14.3 Å². The van der Waals surface area contributed by atoms with Gasteiger partial charge in [-0.15, -0.1) is 10.2 Å². The number of aromatic nitrogens is 2. The van der Waals surface area contributed by atoms with Gasteiger partial charge in [-0.1, -0.05) is 13.3 Å². The van der Waals surface area contributed by atoms with Crippen molar-refractivity contribution in [1.29, 1.82) is 0 Å². The van der Waals surface area contributed by atoms with Crippen LogP contribution in [0.5, 0.6) is 5.75 Å². The number of ether oxygens (including phenoxy) is 1. The molecule has 0 fully saturated rings. The number of carbonyl (C=O) groups is 1. The van der Waals surface area contributed by atoms with Crippen LogP contribution in [0.25, 0.3) is 0 Å². The normalized spacial score (nSPS) is 12.0. The molecule has 2 aromatic rings. The van der Waals surface area contributed by atoms with Gasteiger partial charge in [0.2, 0.25) is 11.8 Å². The van der Waals surface area contributed by atoms with Crippen molar-refractivity contribution in [3.05, 3.63) is 41.4 Å². The van der Waals surface area contributed by atoms with Crippen LogP contribution in [0.1, 0.15) is 43.2 Å². The number of hydrogen-bond donors (Lipinski definition) is 2. The van der Waals surface area contributed by atoms with Crippen molar-refractivity contribution in [2.24, 2.45) is 0 Å². The lowest BCUT2D eigenvalue weighted by molar-refractivity contribution is 0.189. The molecule has 2 rings (SSSR count). The molecule has 1 aromatic carbocycles. The van der Waals surface area contributed by atoms with Gasteiger partial charge in [0.05, 0.1) is 19.1 Å². The second kappa shape index (κ2) is 8.28. The van der Waals surface area contributed by atoms with E-state index >= 15 is 0 Å².